The fourth-order valence-corrected chi connectivity index (χ4v) is 3.19. The molecule has 0 N–H and O–H groups in total. The van der Waals surface area contributed by atoms with Crippen molar-refractivity contribution in [1.29, 1.82) is 0 Å². The third-order valence-corrected chi connectivity index (χ3v) is 4.81. The fourth-order valence-electron chi connectivity index (χ4n) is 2.38. The van der Waals surface area contributed by atoms with E-state index in [1.807, 2.05) is 17.5 Å². The van der Waals surface area contributed by atoms with Gasteiger partial charge in [-0.15, -0.1) is 17.9 Å². The summed E-state index contributed by atoms with van der Waals surface area (Å²) in [6.45, 7) is 9.07. The maximum absolute atomic E-state index is 12.9. The number of rotatable bonds is 6. The zero-order valence-electron chi connectivity index (χ0n) is 13.2. The van der Waals surface area contributed by atoms with Crippen LogP contribution >= 0.6 is 11.3 Å². The normalized spacial score (nSPS) is 15.8. The van der Waals surface area contributed by atoms with Crippen LogP contribution in [0.15, 0.2) is 35.9 Å². The summed E-state index contributed by atoms with van der Waals surface area (Å²) in [5, 5.41) is 1.92. The number of carbonyl (C=O) groups excluding carboxylic acids is 2. The molecular weight excluding hydrogens is 298 g/mol. The van der Waals surface area contributed by atoms with E-state index in [0.717, 1.165) is 4.88 Å². The first kappa shape index (κ1) is 16.5. The van der Waals surface area contributed by atoms with Crippen LogP contribution in [0.1, 0.15) is 38.5 Å². The molecule has 0 spiro atoms. The van der Waals surface area contributed by atoms with Crippen LogP contribution in [0.25, 0.3) is 5.57 Å². The Balaban J connectivity index is 2.29. The molecule has 0 unspecified atom stereocenters. The van der Waals surface area contributed by atoms with Crippen LogP contribution in [-0.2, 0) is 14.3 Å². The summed E-state index contributed by atoms with van der Waals surface area (Å²) in [5.41, 5.74) is -0.352. The van der Waals surface area contributed by atoms with E-state index >= 15 is 0 Å². The van der Waals surface area contributed by atoms with Crippen LogP contribution in [0, 0.1) is 0 Å². The van der Waals surface area contributed by atoms with E-state index in [1.54, 1.807) is 26.8 Å². The van der Waals surface area contributed by atoms with Crippen molar-refractivity contribution in [2.75, 3.05) is 6.73 Å². The van der Waals surface area contributed by atoms with Gasteiger partial charge in [-0.3, -0.25) is 14.5 Å². The van der Waals surface area contributed by atoms with Gasteiger partial charge in [0.1, 0.15) is 5.76 Å². The molecule has 1 aromatic rings. The molecule has 0 bridgehead atoms. The Kier molecular flexibility index (Phi) is 4.86. The average Bonchev–Trinajstić information content (AvgIpc) is 2.98. The van der Waals surface area contributed by atoms with Crippen LogP contribution in [0.5, 0.6) is 0 Å². The molecule has 2 rings (SSSR count). The number of nitrogens with zero attached hydrogens (tertiary/aromatic N) is 1. The van der Waals surface area contributed by atoms with Crippen molar-refractivity contribution in [3.63, 3.8) is 0 Å². The molecule has 1 aliphatic heterocycles. The predicted molar refractivity (Wildman–Crippen MR) is 88.2 cm³/mol. The summed E-state index contributed by atoms with van der Waals surface area (Å²) in [7, 11) is 0. The molecule has 5 heteroatoms. The summed E-state index contributed by atoms with van der Waals surface area (Å²) in [5.74, 6) is 0.468. The zero-order valence-corrected chi connectivity index (χ0v) is 14.0. The molecule has 0 saturated carbocycles. The molecular formula is C17H21NO3S. The van der Waals surface area contributed by atoms with Crippen LogP contribution in [0.3, 0.4) is 0 Å². The van der Waals surface area contributed by atoms with E-state index in [2.05, 4.69) is 6.58 Å². The van der Waals surface area contributed by atoms with E-state index in [4.69, 9.17) is 4.74 Å². The third kappa shape index (κ3) is 2.99. The highest BCUT2D eigenvalue weighted by Gasteiger charge is 2.41. The lowest BCUT2D eigenvalue weighted by Crippen LogP contribution is -2.55. The molecule has 1 aliphatic rings. The van der Waals surface area contributed by atoms with Crippen molar-refractivity contribution in [2.45, 2.75) is 39.2 Å². The number of carbonyl (C=O) groups is 2. The number of hydrogen-bond acceptors (Lipinski definition) is 4. The fraction of sp³-hybridized carbons (Fsp3) is 0.412. The van der Waals surface area contributed by atoms with Crippen LogP contribution in [0.4, 0.5) is 0 Å². The summed E-state index contributed by atoms with van der Waals surface area (Å²) in [4.78, 5) is 27.7. The Hall–Kier alpha value is -1.88. The van der Waals surface area contributed by atoms with Crippen molar-refractivity contribution >= 4 is 28.6 Å². The molecule has 0 radical (unpaired) electrons. The van der Waals surface area contributed by atoms with Gasteiger partial charge in [0.25, 0.3) is 5.91 Å². The minimum atomic E-state index is -0.900. The van der Waals surface area contributed by atoms with Crippen LogP contribution in [-0.4, -0.2) is 28.9 Å². The lowest BCUT2D eigenvalue weighted by Gasteiger charge is -2.40. The molecule has 2 heterocycles. The van der Waals surface area contributed by atoms with Gasteiger partial charge in [0.05, 0.1) is 11.1 Å². The van der Waals surface area contributed by atoms with Gasteiger partial charge in [-0.1, -0.05) is 12.1 Å². The molecule has 0 fully saturated rings. The third-order valence-electron chi connectivity index (χ3n) is 3.92. The molecule has 4 nitrogen and oxygen atoms in total. The number of amides is 1. The predicted octanol–water partition coefficient (Wildman–Crippen LogP) is 3.61. The van der Waals surface area contributed by atoms with Crippen molar-refractivity contribution in [2.24, 2.45) is 0 Å². The molecule has 1 aromatic heterocycles. The maximum atomic E-state index is 12.9. The summed E-state index contributed by atoms with van der Waals surface area (Å²) in [6.07, 6.45) is 2.69. The average molecular weight is 319 g/mol. The van der Waals surface area contributed by atoms with Gasteiger partial charge in [-0.05, 0) is 38.6 Å². The van der Waals surface area contributed by atoms with Gasteiger partial charge in [-0.25, -0.2) is 0 Å². The number of ether oxygens (including phenoxy) is 1. The second-order valence-corrected chi connectivity index (χ2v) is 6.67. The standard InChI is InChI=1S/C17H21NO3S/c1-5-6-9-14(19)17(3,4)18-11-21-12(2)15(16(18)20)13-8-7-10-22-13/h5,7-8,10H,1,6,9,11H2,2-4H3. The Morgan fingerprint density at radius 3 is 2.86 bits per heavy atom. The summed E-state index contributed by atoms with van der Waals surface area (Å²) < 4.78 is 5.66. The number of allylic oxidation sites excluding steroid dienone is 2. The first-order valence-corrected chi connectivity index (χ1v) is 8.11. The smallest absolute Gasteiger partial charge is 0.262 e. The van der Waals surface area contributed by atoms with Crippen molar-refractivity contribution in [1.82, 2.24) is 4.90 Å². The van der Waals surface area contributed by atoms with Gasteiger partial charge in [0.2, 0.25) is 0 Å². The highest BCUT2D eigenvalue weighted by molar-refractivity contribution is 7.11. The topological polar surface area (TPSA) is 46.6 Å². The first-order valence-electron chi connectivity index (χ1n) is 7.23. The van der Waals surface area contributed by atoms with E-state index in [1.165, 1.54) is 16.2 Å². The Bertz CT molecular complexity index is 614. The quantitative estimate of drug-likeness (QED) is 0.753. The number of ketones is 1. The maximum Gasteiger partial charge on any atom is 0.262 e. The van der Waals surface area contributed by atoms with Gasteiger partial charge in [0, 0.05) is 11.3 Å². The Morgan fingerprint density at radius 2 is 2.27 bits per heavy atom. The van der Waals surface area contributed by atoms with Gasteiger partial charge >= 0.3 is 0 Å². The second-order valence-electron chi connectivity index (χ2n) is 5.72. The van der Waals surface area contributed by atoms with E-state index in [0.29, 0.717) is 24.2 Å². The zero-order chi connectivity index (χ0) is 16.3. The monoisotopic (exact) mass is 319 g/mol. The lowest BCUT2D eigenvalue weighted by molar-refractivity contribution is -0.148. The molecule has 0 aromatic carbocycles. The largest absolute Gasteiger partial charge is 0.477 e. The molecule has 0 atom stereocenters. The Morgan fingerprint density at radius 1 is 1.55 bits per heavy atom. The number of hydrogen-bond donors (Lipinski definition) is 0. The highest BCUT2D eigenvalue weighted by atomic mass is 32.1. The van der Waals surface area contributed by atoms with Gasteiger partial charge in [-0.2, -0.15) is 0 Å². The SMILES string of the molecule is C=CCCC(=O)C(C)(C)N1COC(C)=C(c2cccs2)C1=O. The second kappa shape index (κ2) is 6.48. The highest BCUT2D eigenvalue weighted by Crippen LogP contribution is 2.33. The van der Waals surface area contributed by atoms with E-state index in [9.17, 15) is 9.59 Å². The molecule has 0 saturated heterocycles. The van der Waals surface area contributed by atoms with Gasteiger partial charge in [0.15, 0.2) is 12.5 Å². The van der Waals surface area contributed by atoms with Crippen molar-refractivity contribution in [3.05, 3.63) is 40.8 Å². The summed E-state index contributed by atoms with van der Waals surface area (Å²) in [6, 6.07) is 3.79. The van der Waals surface area contributed by atoms with Gasteiger partial charge < -0.3 is 4.74 Å². The number of Topliss-reactive ketones (excluding diaryl/α,β-unsaturated/α-hetero) is 1. The van der Waals surface area contributed by atoms with Crippen LogP contribution < -0.4 is 0 Å². The molecule has 22 heavy (non-hydrogen) atoms. The molecule has 0 aliphatic carbocycles. The van der Waals surface area contributed by atoms with E-state index in [-0.39, 0.29) is 18.4 Å². The number of thiophene rings is 1. The minimum absolute atomic E-state index is 0.00873. The molecule has 1 amide bonds. The first-order chi connectivity index (χ1) is 10.4. The van der Waals surface area contributed by atoms with Crippen LogP contribution in [0.2, 0.25) is 0 Å². The van der Waals surface area contributed by atoms with E-state index < -0.39 is 5.54 Å². The van der Waals surface area contributed by atoms with Crippen molar-refractivity contribution in [3.8, 4) is 0 Å². The minimum Gasteiger partial charge on any atom is -0.477 e. The van der Waals surface area contributed by atoms with Crippen molar-refractivity contribution < 1.29 is 14.3 Å². The lowest BCUT2D eigenvalue weighted by atomic mass is 9.92. The Labute approximate surface area is 135 Å². The summed E-state index contributed by atoms with van der Waals surface area (Å²) >= 11 is 1.49. The molecule has 118 valence electrons.